The molecule has 0 N–H and O–H groups in total. The Morgan fingerprint density at radius 2 is 0.852 bits per heavy atom. The molecule has 0 bridgehead atoms. The zero-order valence-electron chi connectivity index (χ0n) is 14.2. The summed E-state index contributed by atoms with van der Waals surface area (Å²) in [6.07, 6.45) is 0. The summed E-state index contributed by atoms with van der Waals surface area (Å²) in [6.45, 7) is 0. The molecule has 0 saturated carbocycles. The van der Waals surface area contributed by atoms with E-state index in [9.17, 15) is 19.8 Å². The van der Waals surface area contributed by atoms with Crippen molar-refractivity contribution in [3.63, 3.8) is 0 Å². The fourth-order valence-corrected chi connectivity index (χ4v) is 2.81. The van der Waals surface area contributed by atoms with Crippen LogP contribution in [0.15, 0.2) is 84.9 Å². The molecule has 4 nitrogen and oxygen atoms in total. The smallest absolute Gasteiger partial charge is 0.545 e. The van der Waals surface area contributed by atoms with Crippen LogP contribution in [-0.4, -0.2) is 11.9 Å². The molecule has 4 rings (SSSR count). The molecule has 0 fully saturated rings. The van der Waals surface area contributed by atoms with Crippen LogP contribution < -0.4 is 10.2 Å². The zero-order valence-corrected chi connectivity index (χ0v) is 16.7. The second kappa shape index (κ2) is 9.24. The van der Waals surface area contributed by atoms with Gasteiger partial charge in [-0.3, -0.25) is 0 Å². The Morgan fingerprint density at radius 1 is 0.519 bits per heavy atom. The predicted molar refractivity (Wildman–Crippen MR) is 96.6 cm³/mol. The largest absolute Gasteiger partial charge is 2.00 e. The van der Waals surface area contributed by atoms with Gasteiger partial charge in [0.05, 0.1) is 11.9 Å². The third kappa shape index (κ3) is 4.69. The van der Waals surface area contributed by atoms with Crippen molar-refractivity contribution in [1.29, 1.82) is 0 Å². The molecule has 0 aromatic heterocycles. The molecule has 0 aliphatic rings. The molecule has 4 aromatic carbocycles. The molecule has 0 aliphatic heterocycles. The summed E-state index contributed by atoms with van der Waals surface area (Å²) in [5.74, 6) is -2.26. The zero-order chi connectivity index (χ0) is 18.5. The number of carbonyl (C=O) groups is 2. The molecule has 0 aliphatic carbocycles. The molecule has 5 heteroatoms. The first kappa shape index (κ1) is 20.5. The van der Waals surface area contributed by atoms with Gasteiger partial charge in [0.15, 0.2) is 0 Å². The second-order valence-corrected chi connectivity index (χ2v) is 5.63. The van der Waals surface area contributed by atoms with E-state index in [1.54, 1.807) is 36.4 Å². The number of rotatable bonds is 2. The van der Waals surface area contributed by atoms with Crippen molar-refractivity contribution in [2.75, 3.05) is 0 Å². The van der Waals surface area contributed by atoms with Gasteiger partial charge in [0.1, 0.15) is 0 Å². The molecule has 0 saturated heterocycles. The number of carboxylic acids is 2. The van der Waals surface area contributed by atoms with Gasteiger partial charge in [-0.05, 0) is 21.5 Å². The van der Waals surface area contributed by atoms with E-state index >= 15 is 0 Å². The Balaban J connectivity index is 0.000000187. The van der Waals surface area contributed by atoms with E-state index in [0.29, 0.717) is 0 Å². The minimum Gasteiger partial charge on any atom is -0.545 e. The molecule has 0 unspecified atom stereocenters. The fraction of sp³-hybridized carbons (Fsp3) is 0. The van der Waals surface area contributed by atoms with Gasteiger partial charge < -0.3 is 19.8 Å². The first-order valence-corrected chi connectivity index (χ1v) is 7.96. The predicted octanol–water partition coefficient (Wildman–Crippen LogP) is 2.40. The van der Waals surface area contributed by atoms with Crippen molar-refractivity contribution < 1.29 is 46.0 Å². The normalized spacial score (nSPS) is 9.78. The first-order chi connectivity index (χ1) is 12.6. The van der Waals surface area contributed by atoms with E-state index in [2.05, 4.69) is 0 Å². The maximum Gasteiger partial charge on any atom is 2.00 e. The number of hydrogen-bond donors (Lipinski definition) is 0. The van der Waals surface area contributed by atoms with Gasteiger partial charge in [0.2, 0.25) is 0 Å². The minimum absolute atomic E-state index is 0. The molecule has 130 valence electrons. The van der Waals surface area contributed by atoms with Crippen molar-refractivity contribution in [3.8, 4) is 0 Å². The third-order valence-electron chi connectivity index (χ3n) is 4.02. The fourth-order valence-electron chi connectivity index (χ4n) is 2.81. The SMILES string of the molecule is O=C([O-])c1cccc2ccccc12.O=C([O-])c1cccc2ccccc12.[Zr+2]. The standard InChI is InChI=1S/2C11H8O2.Zr/c2*12-11(13)10-7-3-5-8-4-1-2-6-9(8)10;/h2*1-7H,(H,12,13);/q;;+2/p-2. The average molecular weight is 434 g/mol. The van der Waals surface area contributed by atoms with E-state index in [1.807, 2.05) is 48.5 Å². The molecule has 0 amide bonds. The van der Waals surface area contributed by atoms with Crippen molar-refractivity contribution in [2.45, 2.75) is 0 Å². The summed E-state index contributed by atoms with van der Waals surface area (Å²) < 4.78 is 0. The topological polar surface area (TPSA) is 80.3 Å². The van der Waals surface area contributed by atoms with Gasteiger partial charge in [-0.25, -0.2) is 0 Å². The summed E-state index contributed by atoms with van der Waals surface area (Å²) in [7, 11) is 0. The van der Waals surface area contributed by atoms with Crippen LogP contribution in [0, 0.1) is 0 Å². The van der Waals surface area contributed by atoms with Crippen LogP contribution >= 0.6 is 0 Å². The van der Waals surface area contributed by atoms with Crippen molar-refractivity contribution >= 4 is 33.5 Å². The van der Waals surface area contributed by atoms with Gasteiger partial charge in [0.25, 0.3) is 0 Å². The van der Waals surface area contributed by atoms with Crippen molar-refractivity contribution in [1.82, 2.24) is 0 Å². The number of carbonyl (C=O) groups excluding carboxylic acids is 2. The van der Waals surface area contributed by atoms with E-state index in [1.165, 1.54) is 0 Å². The van der Waals surface area contributed by atoms with Gasteiger partial charge in [-0.2, -0.15) is 0 Å². The molecule has 0 heterocycles. The number of carboxylic acid groups (broad SMARTS) is 2. The van der Waals surface area contributed by atoms with Crippen LogP contribution in [0.2, 0.25) is 0 Å². The Kier molecular flexibility index (Phi) is 7.03. The molecule has 0 radical (unpaired) electrons. The maximum absolute atomic E-state index is 10.7. The summed E-state index contributed by atoms with van der Waals surface area (Å²) in [6, 6.07) is 25.0. The van der Waals surface area contributed by atoms with E-state index in [0.717, 1.165) is 21.5 Å². The van der Waals surface area contributed by atoms with Crippen LogP contribution in [0.5, 0.6) is 0 Å². The average Bonchev–Trinajstić information content (AvgIpc) is 2.67. The summed E-state index contributed by atoms with van der Waals surface area (Å²) in [5.41, 5.74) is 0.496. The molecule has 0 spiro atoms. The van der Waals surface area contributed by atoms with Gasteiger partial charge in [-0.15, -0.1) is 0 Å². The quantitative estimate of drug-likeness (QED) is 0.486. The van der Waals surface area contributed by atoms with Crippen LogP contribution in [0.1, 0.15) is 20.7 Å². The second-order valence-electron chi connectivity index (χ2n) is 5.63. The van der Waals surface area contributed by atoms with Crippen LogP contribution in [0.25, 0.3) is 21.5 Å². The number of benzene rings is 4. The third-order valence-corrected chi connectivity index (χ3v) is 4.02. The van der Waals surface area contributed by atoms with Gasteiger partial charge >= 0.3 is 26.2 Å². The molecule has 27 heavy (non-hydrogen) atoms. The monoisotopic (exact) mass is 432 g/mol. The Labute approximate surface area is 175 Å². The van der Waals surface area contributed by atoms with Crippen molar-refractivity contribution in [3.05, 3.63) is 96.1 Å². The molecular formula is C22H14O4Zr. The van der Waals surface area contributed by atoms with Crippen LogP contribution in [0.3, 0.4) is 0 Å². The Bertz CT molecular complexity index is 1010. The summed E-state index contributed by atoms with van der Waals surface area (Å²) >= 11 is 0. The Hall–Kier alpha value is -2.78. The van der Waals surface area contributed by atoms with Gasteiger partial charge in [0, 0.05) is 11.1 Å². The molecule has 4 aromatic rings. The van der Waals surface area contributed by atoms with Gasteiger partial charge in [-0.1, -0.05) is 84.9 Å². The molecule has 0 atom stereocenters. The Morgan fingerprint density at radius 3 is 1.22 bits per heavy atom. The van der Waals surface area contributed by atoms with E-state index in [-0.39, 0.29) is 37.3 Å². The van der Waals surface area contributed by atoms with Crippen molar-refractivity contribution in [2.24, 2.45) is 0 Å². The van der Waals surface area contributed by atoms with Crippen LogP contribution in [0.4, 0.5) is 0 Å². The minimum atomic E-state index is -1.13. The number of aromatic carboxylic acids is 2. The first-order valence-electron chi connectivity index (χ1n) is 7.96. The number of hydrogen-bond acceptors (Lipinski definition) is 4. The molecular weight excluding hydrogens is 419 g/mol. The van der Waals surface area contributed by atoms with E-state index < -0.39 is 11.9 Å². The van der Waals surface area contributed by atoms with Crippen LogP contribution in [-0.2, 0) is 26.2 Å². The summed E-state index contributed by atoms with van der Waals surface area (Å²) in [5, 5.41) is 24.7. The number of fused-ring (bicyclic) bond motifs is 2. The van der Waals surface area contributed by atoms with E-state index in [4.69, 9.17) is 0 Å². The maximum atomic E-state index is 10.7. The summed E-state index contributed by atoms with van der Waals surface area (Å²) in [4.78, 5) is 21.4.